The number of benzene rings is 3. The summed E-state index contributed by atoms with van der Waals surface area (Å²) < 4.78 is 5.44. The van der Waals surface area contributed by atoms with E-state index in [1.54, 1.807) is 31.1 Å². The molecule has 1 aliphatic rings. The van der Waals surface area contributed by atoms with E-state index >= 15 is 0 Å². The summed E-state index contributed by atoms with van der Waals surface area (Å²) in [6, 6.07) is 19.9. The number of nitro benzene ring substituents is 1. The van der Waals surface area contributed by atoms with Crippen molar-refractivity contribution in [3.63, 3.8) is 0 Å². The zero-order valence-electron chi connectivity index (χ0n) is 23.8. The van der Waals surface area contributed by atoms with E-state index in [1.165, 1.54) is 6.07 Å². The van der Waals surface area contributed by atoms with Crippen molar-refractivity contribution in [2.45, 2.75) is 13.8 Å². The Morgan fingerprint density at radius 1 is 0.976 bits per heavy atom. The lowest BCUT2D eigenvalue weighted by Crippen LogP contribution is -2.50. The highest BCUT2D eigenvalue weighted by molar-refractivity contribution is 5.95. The van der Waals surface area contributed by atoms with Crippen LogP contribution in [0.5, 0.6) is 5.75 Å². The zero-order chi connectivity index (χ0) is 29.4. The molecule has 0 N–H and O–H groups in total. The fourth-order valence-electron chi connectivity index (χ4n) is 4.82. The molecule has 0 aliphatic carbocycles. The van der Waals surface area contributed by atoms with Crippen LogP contribution < -0.4 is 4.74 Å². The van der Waals surface area contributed by atoms with Gasteiger partial charge in [-0.15, -0.1) is 0 Å². The fraction of sp³-hybridized carbons (Fsp3) is 0.312. The molecule has 0 aromatic heterocycles. The van der Waals surface area contributed by atoms with Crippen molar-refractivity contribution in [3.05, 3.63) is 111 Å². The van der Waals surface area contributed by atoms with Crippen LogP contribution in [0.4, 0.5) is 5.69 Å². The van der Waals surface area contributed by atoms with E-state index in [9.17, 15) is 19.7 Å². The number of carbonyl (C=O) groups is 2. The van der Waals surface area contributed by atoms with Crippen LogP contribution >= 0.6 is 0 Å². The molecule has 0 spiro atoms. The Bertz CT molecular complexity index is 1410. The lowest BCUT2D eigenvalue weighted by atomic mass is 10.1. The Balaban J connectivity index is 1.38. The van der Waals surface area contributed by atoms with Gasteiger partial charge < -0.3 is 14.5 Å². The molecule has 0 bridgehead atoms. The van der Waals surface area contributed by atoms with Crippen LogP contribution in [0.1, 0.15) is 37.4 Å². The molecule has 41 heavy (non-hydrogen) atoms. The topological polar surface area (TPSA) is 96.2 Å². The van der Waals surface area contributed by atoms with E-state index in [0.29, 0.717) is 62.5 Å². The molecule has 1 aliphatic heterocycles. The van der Waals surface area contributed by atoms with E-state index in [1.807, 2.05) is 72.5 Å². The molecule has 1 fully saturated rings. The number of methoxy groups -OCH3 is 1. The number of nitro groups is 1. The van der Waals surface area contributed by atoms with Crippen LogP contribution in [0.25, 0.3) is 6.08 Å². The number of rotatable bonds is 10. The van der Waals surface area contributed by atoms with Gasteiger partial charge in [-0.2, -0.15) is 0 Å². The lowest BCUT2D eigenvalue weighted by molar-refractivity contribution is -0.385. The standard InChI is InChI=1S/C32H36N4O5/c1-24-10-13-27(14-11-24)31(37)34(16-6-8-26-7-4-5-9-30(26)41-3)20-17-33-18-21-35(22-19-33)32(38)28-15-12-25(2)29(23-28)36(39)40/h4-15,23H,16-22H2,1-3H3. The maximum atomic E-state index is 13.4. The third-order valence-electron chi connectivity index (χ3n) is 7.35. The van der Waals surface area contributed by atoms with Gasteiger partial charge in [-0.05, 0) is 38.1 Å². The van der Waals surface area contributed by atoms with Crippen LogP contribution in [0.15, 0.2) is 72.8 Å². The lowest BCUT2D eigenvalue weighted by Gasteiger charge is -2.35. The molecule has 0 saturated carbocycles. The second-order valence-corrected chi connectivity index (χ2v) is 10.2. The number of ether oxygens (including phenoxy) is 1. The number of amides is 2. The highest BCUT2D eigenvalue weighted by Gasteiger charge is 2.25. The summed E-state index contributed by atoms with van der Waals surface area (Å²) in [5.74, 6) is 0.530. The number of carbonyl (C=O) groups excluding carboxylic acids is 2. The summed E-state index contributed by atoms with van der Waals surface area (Å²) in [5, 5.41) is 11.3. The average Bonchev–Trinajstić information content (AvgIpc) is 2.99. The molecule has 3 aromatic rings. The van der Waals surface area contributed by atoms with Crippen LogP contribution in [-0.4, -0.2) is 84.4 Å². The molecule has 1 saturated heterocycles. The predicted octanol–water partition coefficient (Wildman–Crippen LogP) is 4.83. The first kappa shape index (κ1) is 29.5. The van der Waals surface area contributed by atoms with Crippen LogP contribution in [0.3, 0.4) is 0 Å². The Labute approximate surface area is 240 Å². The SMILES string of the molecule is COc1ccccc1C=CCN(CCN1CCN(C(=O)c2ccc(C)c([N+](=O)[O-])c2)CC1)C(=O)c1ccc(C)cc1. The quantitative estimate of drug-likeness (QED) is 0.262. The van der Waals surface area contributed by atoms with E-state index in [2.05, 4.69) is 4.90 Å². The Hall–Kier alpha value is -4.50. The Kier molecular flexibility index (Phi) is 9.86. The summed E-state index contributed by atoms with van der Waals surface area (Å²) in [7, 11) is 1.64. The van der Waals surface area contributed by atoms with Gasteiger partial charge in [0.25, 0.3) is 17.5 Å². The van der Waals surface area contributed by atoms with E-state index in [0.717, 1.165) is 16.9 Å². The average molecular weight is 557 g/mol. The summed E-state index contributed by atoms with van der Waals surface area (Å²) in [6.45, 7) is 7.63. The molecular weight excluding hydrogens is 520 g/mol. The third kappa shape index (κ3) is 7.58. The minimum absolute atomic E-state index is 0.0375. The maximum absolute atomic E-state index is 13.4. The maximum Gasteiger partial charge on any atom is 0.273 e. The number of hydrogen-bond acceptors (Lipinski definition) is 6. The molecule has 2 amide bonds. The van der Waals surface area contributed by atoms with Crippen molar-refractivity contribution in [2.24, 2.45) is 0 Å². The zero-order valence-corrected chi connectivity index (χ0v) is 23.8. The monoisotopic (exact) mass is 556 g/mol. The third-order valence-corrected chi connectivity index (χ3v) is 7.35. The molecule has 0 atom stereocenters. The highest BCUT2D eigenvalue weighted by Crippen LogP contribution is 2.21. The van der Waals surface area contributed by atoms with Gasteiger partial charge in [0.05, 0.1) is 12.0 Å². The largest absolute Gasteiger partial charge is 0.496 e. The van der Waals surface area contributed by atoms with Crippen molar-refractivity contribution >= 4 is 23.6 Å². The summed E-state index contributed by atoms with van der Waals surface area (Å²) in [4.78, 5) is 43.1. The van der Waals surface area contributed by atoms with Gasteiger partial charge >= 0.3 is 0 Å². The van der Waals surface area contributed by atoms with Gasteiger partial charge in [-0.3, -0.25) is 24.6 Å². The Morgan fingerprint density at radius 3 is 2.34 bits per heavy atom. The molecule has 1 heterocycles. The summed E-state index contributed by atoms with van der Waals surface area (Å²) in [6.07, 6.45) is 3.94. The molecule has 214 valence electrons. The summed E-state index contributed by atoms with van der Waals surface area (Å²) in [5.41, 5.74) is 3.48. The van der Waals surface area contributed by atoms with E-state index in [-0.39, 0.29) is 17.5 Å². The van der Waals surface area contributed by atoms with Crippen molar-refractivity contribution < 1.29 is 19.2 Å². The molecule has 0 radical (unpaired) electrons. The number of aryl methyl sites for hydroxylation is 2. The van der Waals surface area contributed by atoms with Crippen LogP contribution in [0.2, 0.25) is 0 Å². The molecule has 9 heteroatoms. The second kappa shape index (κ2) is 13.7. The molecule has 9 nitrogen and oxygen atoms in total. The van der Waals surface area contributed by atoms with Crippen molar-refractivity contribution in [2.75, 3.05) is 52.9 Å². The molecule has 0 unspecified atom stereocenters. The smallest absolute Gasteiger partial charge is 0.273 e. The van der Waals surface area contributed by atoms with Gasteiger partial charge in [-0.1, -0.05) is 54.1 Å². The minimum atomic E-state index is -0.459. The highest BCUT2D eigenvalue weighted by atomic mass is 16.6. The van der Waals surface area contributed by atoms with Crippen molar-refractivity contribution in [1.29, 1.82) is 0 Å². The van der Waals surface area contributed by atoms with Gasteiger partial charge in [0.2, 0.25) is 0 Å². The minimum Gasteiger partial charge on any atom is -0.496 e. The summed E-state index contributed by atoms with van der Waals surface area (Å²) >= 11 is 0. The van der Waals surface area contributed by atoms with Gasteiger partial charge in [0, 0.05) is 74.1 Å². The van der Waals surface area contributed by atoms with Crippen LogP contribution in [-0.2, 0) is 0 Å². The van der Waals surface area contributed by atoms with Crippen molar-refractivity contribution in [3.8, 4) is 5.75 Å². The first-order valence-corrected chi connectivity index (χ1v) is 13.7. The Morgan fingerprint density at radius 2 is 1.66 bits per heavy atom. The fourth-order valence-corrected chi connectivity index (χ4v) is 4.82. The van der Waals surface area contributed by atoms with Gasteiger partial charge in [0.15, 0.2) is 0 Å². The van der Waals surface area contributed by atoms with E-state index < -0.39 is 4.92 Å². The normalized spacial score (nSPS) is 13.8. The van der Waals surface area contributed by atoms with Crippen molar-refractivity contribution in [1.82, 2.24) is 14.7 Å². The second-order valence-electron chi connectivity index (χ2n) is 10.2. The van der Waals surface area contributed by atoms with E-state index in [4.69, 9.17) is 4.74 Å². The molecular formula is C32H36N4O5. The number of hydrogen-bond donors (Lipinski definition) is 0. The molecule has 4 rings (SSSR count). The number of nitrogens with zero attached hydrogens (tertiary/aromatic N) is 4. The molecule has 3 aromatic carbocycles. The predicted molar refractivity (Wildman–Crippen MR) is 159 cm³/mol. The first-order chi connectivity index (χ1) is 19.8. The van der Waals surface area contributed by atoms with Gasteiger partial charge in [0.1, 0.15) is 5.75 Å². The number of para-hydroxylation sites is 1. The van der Waals surface area contributed by atoms with Gasteiger partial charge in [-0.25, -0.2) is 0 Å². The first-order valence-electron chi connectivity index (χ1n) is 13.7. The number of piperazine rings is 1. The van der Waals surface area contributed by atoms with Crippen LogP contribution in [0, 0.1) is 24.0 Å².